The van der Waals surface area contributed by atoms with Gasteiger partial charge in [0.25, 0.3) is 5.69 Å². The molecule has 2 N–H and O–H groups in total. The second kappa shape index (κ2) is 12.9. The molecular weight excluding hydrogens is 489 g/mol. The van der Waals surface area contributed by atoms with E-state index in [2.05, 4.69) is 34.4 Å². The van der Waals surface area contributed by atoms with Crippen LogP contribution in [0.3, 0.4) is 0 Å². The lowest BCUT2D eigenvalue weighted by Gasteiger charge is -2.41. The Kier molecular flexibility index (Phi) is 11.4. The lowest BCUT2D eigenvalue weighted by molar-refractivity contribution is -0.384. The zero-order valence-corrected chi connectivity index (χ0v) is 19.7. The molecular formula is C19H32IN5O4. The average Bonchev–Trinajstić information content (AvgIpc) is 2.70. The van der Waals surface area contributed by atoms with Crippen molar-refractivity contribution in [2.24, 2.45) is 4.99 Å². The summed E-state index contributed by atoms with van der Waals surface area (Å²) in [5.41, 5.74) is 0.948. The number of methoxy groups -OCH3 is 1. The van der Waals surface area contributed by atoms with E-state index in [9.17, 15) is 10.1 Å². The van der Waals surface area contributed by atoms with Crippen LogP contribution in [0.4, 0.5) is 5.69 Å². The number of hydrogen-bond donors (Lipinski definition) is 2. The first-order valence-corrected chi connectivity index (χ1v) is 9.49. The van der Waals surface area contributed by atoms with Crippen molar-refractivity contribution in [3.63, 3.8) is 0 Å². The molecule has 0 bridgehead atoms. The number of hydrogen-bond acceptors (Lipinski definition) is 6. The van der Waals surface area contributed by atoms with Crippen molar-refractivity contribution in [1.82, 2.24) is 15.5 Å². The molecule has 1 heterocycles. The van der Waals surface area contributed by atoms with Gasteiger partial charge in [-0.1, -0.05) is 12.1 Å². The second-order valence-corrected chi connectivity index (χ2v) is 7.27. The molecule has 0 saturated carbocycles. The van der Waals surface area contributed by atoms with Crippen LogP contribution in [0.2, 0.25) is 0 Å². The molecule has 0 unspecified atom stereocenters. The number of nitrogens with zero attached hydrogens (tertiary/aromatic N) is 3. The minimum Gasteiger partial charge on any atom is -0.383 e. The van der Waals surface area contributed by atoms with Crippen LogP contribution in [0, 0.1) is 10.1 Å². The van der Waals surface area contributed by atoms with Crippen LogP contribution < -0.4 is 10.6 Å². The molecule has 0 spiro atoms. The van der Waals surface area contributed by atoms with Crippen LogP contribution in [0.1, 0.15) is 19.4 Å². The van der Waals surface area contributed by atoms with Gasteiger partial charge in [0.1, 0.15) is 0 Å². The summed E-state index contributed by atoms with van der Waals surface area (Å²) in [6.45, 7) is 10.1. The third-order valence-electron chi connectivity index (χ3n) is 4.72. The molecule has 1 aliphatic rings. The number of nitro groups is 1. The predicted molar refractivity (Wildman–Crippen MR) is 124 cm³/mol. The van der Waals surface area contributed by atoms with Gasteiger partial charge in [-0.05, 0) is 19.4 Å². The lowest BCUT2D eigenvalue weighted by Crippen LogP contribution is -2.56. The summed E-state index contributed by atoms with van der Waals surface area (Å²) >= 11 is 0. The van der Waals surface area contributed by atoms with Gasteiger partial charge in [0.05, 0.1) is 31.3 Å². The molecule has 1 saturated heterocycles. The van der Waals surface area contributed by atoms with Crippen molar-refractivity contribution in [1.29, 1.82) is 0 Å². The Morgan fingerprint density at radius 3 is 2.52 bits per heavy atom. The van der Waals surface area contributed by atoms with Crippen molar-refractivity contribution in [3.8, 4) is 0 Å². The number of nitro benzene ring substituents is 1. The topological polar surface area (TPSA) is 101 Å². The molecule has 0 radical (unpaired) electrons. The summed E-state index contributed by atoms with van der Waals surface area (Å²) in [6.07, 6.45) is 0. The number of benzene rings is 1. The van der Waals surface area contributed by atoms with Crippen LogP contribution in [-0.2, 0) is 16.0 Å². The van der Waals surface area contributed by atoms with E-state index in [1.807, 2.05) is 0 Å². The maximum atomic E-state index is 10.8. The number of halogens is 1. The maximum absolute atomic E-state index is 10.8. The number of guanidine groups is 1. The van der Waals surface area contributed by atoms with E-state index in [1.54, 1.807) is 19.2 Å². The summed E-state index contributed by atoms with van der Waals surface area (Å²) in [5.74, 6) is 0.691. The number of non-ortho nitro benzene ring substituents is 1. The van der Waals surface area contributed by atoms with Crippen LogP contribution in [-0.4, -0.2) is 74.4 Å². The van der Waals surface area contributed by atoms with Crippen molar-refractivity contribution < 1.29 is 14.4 Å². The Labute approximate surface area is 189 Å². The van der Waals surface area contributed by atoms with E-state index in [0.717, 1.165) is 38.4 Å². The Bertz CT molecular complexity index is 649. The molecule has 0 aromatic heterocycles. The standard InChI is InChI=1S/C19H31N5O4.HI/c1-19(2,23-9-12-28-13-10-23)15-22-18(20-8-11-27-3)21-14-16-4-6-17(7-5-16)24(25)26;/h4-7H,8-15H2,1-3H3,(H2,20,21,22);1H. The highest BCUT2D eigenvalue weighted by atomic mass is 127. The first kappa shape index (κ1) is 25.5. The van der Waals surface area contributed by atoms with Crippen LogP contribution >= 0.6 is 24.0 Å². The maximum Gasteiger partial charge on any atom is 0.269 e. The quantitative estimate of drug-likeness (QED) is 0.128. The second-order valence-electron chi connectivity index (χ2n) is 7.27. The summed E-state index contributed by atoms with van der Waals surface area (Å²) in [7, 11) is 1.66. The van der Waals surface area contributed by atoms with Crippen molar-refractivity contribution in [2.45, 2.75) is 25.9 Å². The predicted octanol–water partition coefficient (Wildman–Crippen LogP) is 2.01. The highest BCUT2D eigenvalue weighted by Crippen LogP contribution is 2.15. The fourth-order valence-corrected chi connectivity index (χ4v) is 2.92. The van der Waals surface area contributed by atoms with Crippen LogP contribution in [0.25, 0.3) is 0 Å². The molecule has 2 rings (SSSR count). The van der Waals surface area contributed by atoms with Crippen molar-refractivity contribution >= 4 is 35.6 Å². The molecule has 29 heavy (non-hydrogen) atoms. The van der Waals surface area contributed by atoms with E-state index in [4.69, 9.17) is 9.47 Å². The number of morpholine rings is 1. The van der Waals surface area contributed by atoms with Gasteiger partial charge in [-0.15, -0.1) is 24.0 Å². The molecule has 0 atom stereocenters. The van der Waals surface area contributed by atoms with E-state index < -0.39 is 4.92 Å². The van der Waals surface area contributed by atoms with E-state index in [1.165, 1.54) is 12.1 Å². The van der Waals surface area contributed by atoms with Gasteiger partial charge in [-0.2, -0.15) is 0 Å². The smallest absolute Gasteiger partial charge is 0.269 e. The number of ether oxygens (including phenoxy) is 2. The number of rotatable bonds is 9. The van der Waals surface area contributed by atoms with Gasteiger partial charge < -0.3 is 20.1 Å². The van der Waals surface area contributed by atoms with Crippen molar-refractivity contribution in [2.75, 3.05) is 53.1 Å². The molecule has 0 aliphatic carbocycles. The normalized spacial score (nSPS) is 15.5. The highest BCUT2D eigenvalue weighted by Gasteiger charge is 2.28. The van der Waals surface area contributed by atoms with E-state index >= 15 is 0 Å². The third kappa shape index (κ3) is 8.81. The van der Waals surface area contributed by atoms with Gasteiger partial charge in [-0.3, -0.25) is 15.0 Å². The molecule has 9 nitrogen and oxygen atoms in total. The first-order chi connectivity index (χ1) is 13.4. The third-order valence-corrected chi connectivity index (χ3v) is 4.72. The monoisotopic (exact) mass is 521 g/mol. The Morgan fingerprint density at radius 2 is 1.93 bits per heavy atom. The SMILES string of the molecule is COCCNC(=NCc1ccc([N+](=O)[O-])cc1)NCC(C)(C)N1CCOCC1.I. The van der Waals surface area contributed by atoms with Gasteiger partial charge >= 0.3 is 0 Å². The summed E-state index contributed by atoms with van der Waals surface area (Å²) in [4.78, 5) is 17.4. The van der Waals surface area contributed by atoms with E-state index in [0.29, 0.717) is 25.7 Å². The fraction of sp³-hybridized carbons (Fsp3) is 0.632. The Hall–Kier alpha value is -1.50. The molecule has 10 heteroatoms. The van der Waals surface area contributed by atoms with Gasteiger partial charge in [0.2, 0.25) is 0 Å². The minimum absolute atomic E-state index is 0. The average molecular weight is 521 g/mol. The molecule has 1 aromatic rings. The molecule has 1 aliphatic heterocycles. The minimum atomic E-state index is -0.403. The van der Waals surface area contributed by atoms with E-state index in [-0.39, 0.29) is 35.2 Å². The zero-order chi connectivity index (χ0) is 20.4. The van der Waals surface area contributed by atoms with Crippen molar-refractivity contribution in [3.05, 3.63) is 39.9 Å². The Balaban J connectivity index is 0.00000420. The molecule has 1 fully saturated rings. The van der Waals surface area contributed by atoms with Gasteiger partial charge in [-0.25, -0.2) is 4.99 Å². The van der Waals surface area contributed by atoms with Gasteiger partial charge in [0, 0.05) is 51.0 Å². The fourth-order valence-electron chi connectivity index (χ4n) is 2.92. The first-order valence-electron chi connectivity index (χ1n) is 9.49. The Morgan fingerprint density at radius 1 is 1.28 bits per heavy atom. The molecule has 0 amide bonds. The highest BCUT2D eigenvalue weighted by molar-refractivity contribution is 14.0. The summed E-state index contributed by atoms with van der Waals surface area (Å²) < 4.78 is 10.5. The summed E-state index contributed by atoms with van der Waals surface area (Å²) in [6, 6.07) is 6.45. The van der Waals surface area contributed by atoms with Gasteiger partial charge in [0.15, 0.2) is 5.96 Å². The summed E-state index contributed by atoms with van der Waals surface area (Å²) in [5, 5.41) is 17.4. The molecule has 164 valence electrons. The zero-order valence-electron chi connectivity index (χ0n) is 17.3. The number of aliphatic imine (C=N–C) groups is 1. The van der Waals surface area contributed by atoms with Crippen LogP contribution in [0.5, 0.6) is 0 Å². The largest absolute Gasteiger partial charge is 0.383 e. The van der Waals surface area contributed by atoms with Crippen LogP contribution in [0.15, 0.2) is 29.3 Å². The lowest BCUT2D eigenvalue weighted by atomic mass is 10.0. The number of nitrogens with one attached hydrogen (secondary N) is 2. The molecule has 1 aromatic carbocycles.